The SMILES string of the molecule is CCCCCCC(CCCCCC)Cc1ccc(-c2c3c[c]([Sn]([CH3])([CH3])[CH3])sc3c(-c3ccc(CC(CCCCCC)CCCCCC)s3)c3c[c]([Sn]([CH3])([CH3])[CH3])sc23)s1. The molecular weight excluding hydrogens is 990 g/mol. The third-order valence-corrected chi connectivity index (χ3v) is 36.0. The normalized spacial score (nSPS) is 12.8. The molecule has 0 bridgehead atoms. The first-order valence-corrected chi connectivity index (χ1v) is 47.3. The zero-order chi connectivity index (χ0) is 41.7. The molecule has 0 saturated carbocycles. The summed E-state index contributed by atoms with van der Waals surface area (Å²) in [4.78, 5) is 22.1. The topological polar surface area (TPSA) is 0 Å². The second kappa shape index (κ2) is 24.3. The Balaban J connectivity index is 1.57. The van der Waals surface area contributed by atoms with Gasteiger partial charge in [0, 0.05) is 0 Å². The van der Waals surface area contributed by atoms with Crippen LogP contribution >= 0.6 is 45.3 Å². The first-order valence-electron chi connectivity index (χ1n) is 24.1. The summed E-state index contributed by atoms with van der Waals surface area (Å²) >= 11 is 3.92. The van der Waals surface area contributed by atoms with Crippen molar-refractivity contribution < 1.29 is 0 Å². The van der Waals surface area contributed by atoms with E-state index < -0.39 is 36.8 Å². The number of hydrogen-bond acceptors (Lipinski definition) is 4. The number of benzene rings is 1. The second-order valence-electron chi connectivity index (χ2n) is 20.0. The molecular formula is C52H82S4Sn2. The molecule has 0 N–H and O–H groups in total. The summed E-state index contributed by atoms with van der Waals surface area (Å²) < 4.78 is 6.63. The van der Waals surface area contributed by atoms with Crippen LogP contribution in [0.5, 0.6) is 0 Å². The van der Waals surface area contributed by atoms with Crippen molar-refractivity contribution in [2.24, 2.45) is 11.8 Å². The molecule has 0 fully saturated rings. The van der Waals surface area contributed by atoms with Gasteiger partial charge in [-0.2, -0.15) is 0 Å². The van der Waals surface area contributed by atoms with E-state index in [1.165, 1.54) is 151 Å². The Labute approximate surface area is 381 Å². The van der Waals surface area contributed by atoms with Crippen LogP contribution in [0.3, 0.4) is 0 Å². The standard InChI is InChI=1S/C46H64S4.6CH3.2Sn/c1-5-9-13-17-21-35(22-18-14-10-6-2)33-37-25-27-41(49-37)43-39-29-31-48-46(39)44(40-30-32-47-45(40)43)42-28-26-38(50-42)34-36(23-19-15-11-7-3)24-20-16-12-8-4;;;;;;;;/h25-30,35-36H,5-24,33-34H2,1-4H3;6*1H3;;. The maximum absolute atomic E-state index is 2.72. The number of rotatable bonds is 28. The number of thiophene rings is 4. The van der Waals surface area contributed by atoms with Crippen molar-refractivity contribution in [3.05, 3.63) is 46.2 Å². The molecule has 0 nitrogen and oxygen atoms in total. The molecule has 0 spiro atoms. The Morgan fingerprint density at radius 3 is 1.03 bits per heavy atom. The van der Waals surface area contributed by atoms with Crippen LogP contribution in [0.1, 0.15) is 166 Å². The molecule has 0 atom stereocenters. The molecule has 0 unspecified atom stereocenters. The van der Waals surface area contributed by atoms with E-state index >= 15 is 0 Å². The Bertz CT molecular complexity index is 1720. The van der Waals surface area contributed by atoms with Crippen molar-refractivity contribution in [1.29, 1.82) is 0 Å². The Kier molecular flexibility index (Phi) is 20.6. The van der Waals surface area contributed by atoms with Gasteiger partial charge in [-0.05, 0) is 0 Å². The van der Waals surface area contributed by atoms with Crippen LogP contribution in [0.15, 0.2) is 36.4 Å². The minimum absolute atomic E-state index is 0.828. The van der Waals surface area contributed by atoms with E-state index in [4.69, 9.17) is 0 Å². The molecule has 1 aromatic carbocycles. The molecule has 0 amide bonds. The van der Waals surface area contributed by atoms with Crippen molar-refractivity contribution in [3.8, 4) is 20.9 Å². The van der Waals surface area contributed by atoms with E-state index in [0.29, 0.717) is 0 Å². The second-order valence-corrected chi connectivity index (χ2v) is 55.3. The molecule has 6 heteroatoms. The molecule has 0 aliphatic carbocycles. The number of fused-ring (bicyclic) bond motifs is 2. The summed E-state index contributed by atoms with van der Waals surface area (Å²) in [5.74, 6) is 1.66. The third-order valence-electron chi connectivity index (χ3n) is 12.6. The molecule has 5 rings (SSSR count). The summed E-state index contributed by atoms with van der Waals surface area (Å²) in [5.41, 5.74) is 3.15. The molecule has 0 radical (unpaired) electrons. The van der Waals surface area contributed by atoms with Gasteiger partial charge < -0.3 is 0 Å². The zero-order valence-corrected chi connectivity index (χ0v) is 47.8. The van der Waals surface area contributed by atoms with Gasteiger partial charge in [-0.1, -0.05) is 79.1 Å². The van der Waals surface area contributed by atoms with Gasteiger partial charge in [0.2, 0.25) is 0 Å². The fourth-order valence-electron chi connectivity index (χ4n) is 8.95. The van der Waals surface area contributed by atoms with Gasteiger partial charge in [0.25, 0.3) is 0 Å². The Morgan fingerprint density at radius 1 is 0.414 bits per heavy atom. The van der Waals surface area contributed by atoms with Gasteiger partial charge >= 0.3 is 306 Å². The van der Waals surface area contributed by atoms with Crippen molar-refractivity contribution in [2.75, 3.05) is 0 Å². The maximum atomic E-state index is 2.72. The minimum atomic E-state index is -2.37. The van der Waals surface area contributed by atoms with Gasteiger partial charge in [-0.15, -0.1) is 0 Å². The van der Waals surface area contributed by atoms with Gasteiger partial charge in [-0.3, -0.25) is 0 Å². The quantitative estimate of drug-likeness (QED) is 0.0346. The summed E-state index contributed by atoms with van der Waals surface area (Å²) in [6.45, 7) is 9.38. The van der Waals surface area contributed by atoms with Crippen LogP contribution in [0.25, 0.3) is 41.1 Å². The van der Waals surface area contributed by atoms with E-state index in [1.54, 1.807) is 46.8 Å². The average molecular weight is 1070 g/mol. The predicted molar refractivity (Wildman–Crippen MR) is 279 cm³/mol. The van der Waals surface area contributed by atoms with Crippen molar-refractivity contribution in [2.45, 2.75) is 199 Å². The molecule has 322 valence electrons. The first-order chi connectivity index (χ1) is 27.9. The summed E-state index contributed by atoms with van der Waals surface area (Å²) in [6, 6.07) is 15.6. The molecule has 0 aliphatic rings. The van der Waals surface area contributed by atoms with E-state index in [1.807, 2.05) is 0 Å². The predicted octanol–water partition coefficient (Wildman–Crippen LogP) is 18.9. The molecule has 4 aromatic heterocycles. The molecule has 0 saturated heterocycles. The van der Waals surface area contributed by atoms with Crippen LogP contribution in [-0.4, -0.2) is 36.8 Å². The summed E-state index contributed by atoms with van der Waals surface area (Å²) in [7, 11) is 0. The summed E-state index contributed by atoms with van der Waals surface area (Å²) in [5, 5.41) is 3.13. The molecule has 5 aromatic rings. The van der Waals surface area contributed by atoms with Crippen molar-refractivity contribution in [3.63, 3.8) is 0 Å². The Hall–Kier alpha value is 0.137. The fourth-order valence-corrected chi connectivity index (χ4v) is 24.3. The van der Waals surface area contributed by atoms with E-state index in [-0.39, 0.29) is 0 Å². The summed E-state index contributed by atoms with van der Waals surface area (Å²) in [6.07, 6.45) is 30.3. The van der Waals surface area contributed by atoms with Crippen LogP contribution in [0.2, 0.25) is 29.6 Å². The van der Waals surface area contributed by atoms with Gasteiger partial charge in [0.1, 0.15) is 0 Å². The van der Waals surface area contributed by atoms with E-state index in [0.717, 1.165) is 11.8 Å². The van der Waals surface area contributed by atoms with Crippen molar-refractivity contribution in [1.82, 2.24) is 0 Å². The van der Waals surface area contributed by atoms with Crippen LogP contribution in [0, 0.1) is 11.8 Å². The van der Waals surface area contributed by atoms with Gasteiger partial charge in [0.05, 0.1) is 0 Å². The van der Waals surface area contributed by atoms with Gasteiger partial charge in [-0.25, -0.2) is 0 Å². The number of hydrogen-bond donors (Lipinski definition) is 0. The van der Waals surface area contributed by atoms with E-state index in [2.05, 4.69) is 139 Å². The number of unbranched alkanes of at least 4 members (excludes halogenated alkanes) is 12. The zero-order valence-electron chi connectivity index (χ0n) is 38.8. The average Bonchev–Trinajstić information content (AvgIpc) is 4.01. The van der Waals surface area contributed by atoms with Crippen LogP contribution in [-0.2, 0) is 12.8 Å². The fraction of sp³-hybridized carbons (Fsp3) is 0.654. The van der Waals surface area contributed by atoms with Crippen molar-refractivity contribution >= 4 is 108 Å². The Morgan fingerprint density at radius 2 is 0.741 bits per heavy atom. The van der Waals surface area contributed by atoms with Crippen LogP contribution < -0.4 is 5.79 Å². The van der Waals surface area contributed by atoms with Gasteiger partial charge in [0.15, 0.2) is 0 Å². The first kappa shape index (κ1) is 49.2. The molecule has 4 heterocycles. The third kappa shape index (κ3) is 14.1. The van der Waals surface area contributed by atoms with Crippen LogP contribution in [0.4, 0.5) is 0 Å². The van der Waals surface area contributed by atoms with E-state index in [9.17, 15) is 0 Å². The molecule has 58 heavy (non-hydrogen) atoms. The molecule has 0 aliphatic heterocycles. The monoisotopic (exact) mass is 1070 g/mol.